The van der Waals surface area contributed by atoms with Crippen LogP contribution in [0, 0.1) is 20.9 Å². The zero-order chi connectivity index (χ0) is 28.6. The fraction of sp³-hybridized carbons (Fsp3) is 0.385. The molecule has 1 atom stereocenters. The van der Waals surface area contributed by atoms with Crippen LogP contribution >= 0.6 is 22.6 Å². The number of halogens is 2. The highest BCUT2D eigenvalue weighted by Gasteiger charge is 2.31. The topological polar surface area (TPSA) is 166 Å². The summed E-state index contributed by atoms with van der Waals surface area (Å²) in [4.78, 5) is 15.5. The number of amides is 1. The van der Waals surface area contributed by atoms with E-state index in [-0.39, 0.29) is 18.5 Å². The number of anilines is 1. The van der Waals surface area contributed by atoms with Gasteiger partial charge in [-0.3, -0.25) is 4.98 Å². The van der Waals surface area contributed by atoms with Crippen molar-refractivity contribution in [2.24, 2.45) is 5.92 Å². The van der Waals surface area contributed by atoms with Crippen LogP contribution in [0.3, 0.4) is 0 Å². The highest BCUT2D eigenvalue weighted by atomic mass is 127. The van der Waals surface area contributed by atoms with Gasteiger partial charge in [0, 0.05) is 30.0 Å². The van der Waals surface area contributed by atoms with Gasteiger partial charge in [0.15, 0.2) is 0 Å². The zero-order valence-electron chi connectivity index (χ0n) is 21.7. The molecule has 12 nitrogen and oxygen atoms in total. The van der Waals surface area contributed by atoms with Gasteiger partial charge in [-0.05, 0) is 79.5 Å². The Bertz CT molecular complexity index is 1600. The Balaban J connectivity index is 1.48. The lowest BCUT2D eigenvalue weighted by Gasteiger charge is -2.36. The molecule has 0 saturated heterocycles. The summed E-state index contributed by atoms with van der Waals surface area (Å²) in [7, 11) is 0. The maximum atomic E-state index is 14.6. The molecule has 4 aromatic rings. The molecule has 4 N–H and O–H groups in total. The van der Waals surface area contributed by atoms with E-state index in [1.165, 1.54) is 24.7 Å². The summed E-state index contributed by atoms with van der Waals surface area (Å²) < 4.78 is 18.3. The third-order valence-electron chi connectivity index (χ3n) is 6.96. The summed E-state index contributed by atoms with van der Waals surface area (Å²) in [6.45, 7) is 3.06. The Labute approximate surface area is 242 Å². The molecule has 1 aliphatic rings. The van der Waals surface area contributed by atoms with Gasteiger partial charge in [0.05, 0.1) is 40.8 Å². The first-order valence-corrected chi connectivity index (χ1v) is 13.7. The molecule has 0 aliphatic heterocycles. The average Bonchev–Trinajstić information content (AvgIpc) is 3.47. The normalized spacial score (nSPS) is 17.7. The monoisotopic (exact) mass is 659 g/mol. The maximum absolute atomic E-state index is 14.6. The second-order valence-electron chi connectivity index (χ2n) is 10.4. The first kappa shape index (κ1) is 27.7. The molecule has 1 amide bonds. The average molecular weight is 659 g/mol. The molecule has 1 aliphatic carbocycles. The summed E-state index contributed by atoms with van der Waals surface area (Å²) >= 11 is 2.06. The van der Waals surface area contributed by atoms with Crippen LogP contribution in [0.25, 0.3) is 28.2 Å². The van der Waals surface area contributed by atoms with Gasteiger partial charge in [-0.15, -0.1) is 5.10 Å². The van der Waals surface area contributed by atoms with Crippen LogP contribution in [0.1, 0.15) is 32.3 Å². The van der Waals surface area contributed by atoms with E-state index in [1.807, 2.05) is 18.2 Å². The predicted molar refractivity (Wildman–Crippen MR) is 152 cm³/mol. The lowest BCUT2D eigenvalue weighted by molar-refractivity contribution is -0.0123. The van der Waals surface area contributed by atoms with Crippen LogP contribution in [-0.2, 0) is 6.54 Å². The number of fused-ring (bicyclic) bond motifs is 1. The number of alkyl halides is 1. The molecule has 4 heterocycles. The largest absolute Gasteiger partial charge is 0.465 e. The molecule has 0 aromatic carbocycles. The second-order valence-corrected chi connectivity index (χ2v) is 11.4. The fourth-order valence-electron chi connectivity index (χ4n) is 4.59. The third kappa shape index (κ3) is 5.70. The number of carbonyl (C=O) groups is 1. The van der Waals surface area contributed by atoms with E-state index in [1.54, 1.807) is 16.8 Å². The minimum atomic E-state index is -1.54. The van der Waals surface area contributed by atoms with Crippen LogP contribution in [0.5, 0.6) is 0 Å². The minimum absolute atomic E-state index is 0.105. The molecule has 4 aromatic heterocycles. The van der Waals surface area contributed by atoms with Crippen molar-refractivity contribution < 1.29 is 19.4 Å². The van der Waals surface area contributed by atoms with Crippen molar-refractivity contribution in [2.75, 3.05) is 11.9 Å². The molecule has 1 fully saturated rings. The van der Waals surface area contributed by atoms with Crippen molar-refractivity contribution in [2.45, 2.75) is 51.0 Å². The van der Waals surface area contributed by atoms with Gasteiger partial charge in [0.2, 0.25) is 0 Å². The first-order valence-electron chi connectivity index (χ1n) is 12.6. The number of nitriles is 1. The standard InChI is InChI=1S/C26H27FIN9O3/c1-26(2,40)22(27)13-36-24(28)23(34-35-36)18-12-30-20(21-4-3-17-7-15(9-29)11-32-37(17)21)8-19(18)33-16-5-14(6-16)10-31-25(38)39/h3-4,7-8,11-12,14,16,22,31,40H,5-6,10,13H2,1-2H3,(H,30,33)(H,38,39)/t14?,16?,22-/m1/s1. The number of nitrogens with zero attached hydrogens (tertiary/aromatic N) is 7. The molecule has 0 bridgehead atoms. The summed E-state index contributed by atoms with van der Waals surface area (Å²) in [6, 6.07) is 9.58. The summed E-state index contributed by atoms with van der Waals surface area (Å²) in [5.74, 6) is 0.232. The molecule has 0 radical (unpaired) electrons. The van der Waals surface area contributed by atoms with Gasteiger partial charge < -0.3 is 20.8 Å². The van der Waals surface area contributed by atoms with E-state index in [2.05, 4.69) is 59.7 Å². The van der Waals surface area contributed by atoms with Gasteiger partial charge in [0.1, 0.15) is 21.6 Å². The van der Waals surface area contributed by atoms with Gasteiger partial charge in [0.25, 0.3) is 0 Å². The molecule has 0 unspecified atom stereocenters. The van der Waals surface area contributed by atoms with Crippen molar-refractivity contribution >= 4 is 39.9 Å². The molecule has 208 valence electrons. The van der Waals surface area contributed by atoms with Crippen LogP contribution in [0.15, 0.2) is 36.7 Å². The molecule has 1 saturated carbocycles. The number of hydrogen-bond donors (Lipinski definition) is 4. The van der Waals surface area contributed by atoms with E-state index in [0.29, 0.717) is 32.8 Å². The number of aliphatic hydroxyl groups is 1. The maximum Gasteiger partial charge on any atom is 0.404 e. The van der Waals surface area contributed by atoms with Crippen molar-refractivity contribution in [3.63, 3.8) is 0 Å². The molecule has 5 rings (SSSR count). The quantitative estimate of drug-likeness (QED) is 0.196. The number of hydrogen-bond acceptors (Lipinski definition) is 8. The minimum Gasteiger partial charge on any atom is -0.465 e. The van der Waals surface area contributed by atoms with Crippen LogP contribution < -0.4 is 10.6 Å². The van der Waals surface area contributed by atoms with E-state index in [9.17, 15) is 19.6 Å². The first-order chi connectivity index (χ1) is 19.0. The summed E-state index contributed by atoms with van der Waals surface area (Å²) in [6.07, 6.45) is 2.16. The van der Waals surface area contributed by atoms with E-state index in [0.717, 1.165) is 29.7 Å². The van der Waals surface area contributed by atoms with E-state index >= 15 is 0 Å². The lowest BCUT2D eigenvalue weighted by Crippen LogP contribution is -2.41. The smallest absolute Gasteiger partial charge is 0.404 e. The molecule has 14 heteroatoms. The van der Waals surface area contributed by atoms with Crippen molar-refractivity contribution in [1.29, 1.82) is 5.26 Å². The number of aromatic nitrogens is 6. The second kappa shape index (κ2) is 11.0. The Kier molecular flexibility index (Phi) is 7.60. The number of rotatable bonds is 9. The molecule has 0 spiro atoms. The Morgan fingerprint density at radius 2 is 2.10 bits per heavy atom. The van der Waals surface area contributed by atoms with Gasteiger partial charge >= 0.3 is 6.09 Å². The Hall–Kier alpha value is -3.84. The summed E-state index contributed by atoms with van der Waals surface area (Å²) in [5.41, 5.74) is 2.99. The molecular weight excluding hydrogens is 632 g/mol. The SMILES string of the molecule is CC(C)(O)[C@H](F)Cn1nnc(-c2cnc(-c3ccc4cc(C#N)cnn34)cc2NC2CC(CNC(=O)O)C2)c1I. The Morgan fingerprint density at radius 3 is 2.80 bits per heavy atom. The number of carboxylic acid groups (broad SMARTS) is 1. The van der Waals surface area contributed by atoms with Crippen molar-refractivity contribution in [3.8, 4) is 28.7 Å². The van der Waals surface area contributed by atoms with Crippen LogP contribution in [-0.4, -0.2) is 70.3 Å². The van der Waals surface area contributed by atoms with Crippen molar-refractivity contribution in [1.82, 2.24) is 34.9 Å². The van der Waals surface area contributed by atoms with Crippen LogP contribution in [0.4, 0.5) is 14.9 Å². The van der Waals surface area contributed by atoms with Gasteiger partial charge in [-0.25, -0.2) is 18.4 Å². The Morgan fingerprint density at radius 1 is 1.32 bits per heavy atom. The van der Waals surface area contributed by atoms with E-state index in [4.69, 9.17) is 5.11 Å². The van der Waals surface area contributed by atoms with Gasteiger partial charge in [-0.2, -0.15) is 10.4 Å². The summed E-state index contributed by atoms with van der Waals surface area (Å²) in [5, 5.41) is 46.9. The van der Waals surface area contributed by atoms with Crippen LogP contribution in [0.2, 0.25) is 0 Å². The molecule has 40 heavy (non-hydrogen) atoms. The predicted octanol–water partition coefficient (Wildman–Crippen LogP) is 3.70. The lowest BCUT2D eigenvalue weighted by atomic mass is 9.80. The third-order valence-corrected chi connectivity index (χ3v) is 8.03. The zero-order valence-corrected chi connectivity index (χ0v) is 23.9. The van der Waals surface area contributed by atoms with Crippen molar-refractivity contribution in [3.05, 3.63) is 45.9 Å². The fourth-order valence-corrected chi connectivity index (χ4v) is 5.28. The molecular formula is C26H27FIN9O3. The number of nitrogens with one attached hydrogen (secondary N) is 2. The van der Waals surface area contributed by atoms with E-state index < -0.39 is 17.9 Å². The number of pyridine rings is 1. The highest BCUT2D eigenvalue weighted by molar-refractivity contribution is 14.1. The highest BCUT2D eigenvalue weighted by Crippen LogP contribution is 2.37. The van der Waals surface area contributed by atoms with Gasteiger partial charge in [-0.1, -0.05) is 5.21 Å².